The molecular formula is C20H22N2O2. The van der Waals surface area contributed by atoms with Gasteiger partial charge in [-0.05, 0) is 22.6 Å². The van der Waals surface area contributed by atoms with Crippen molar-refractivity contribution < 1.29 is 9.59 Å². The van der Waals surface area contributed by atoms with Gasteiger partial charge in [0.1, 0.15) is 11.7 Å². The van der Waals surface area contributed by atoms with Gasteiger partial charge in [-0.2, -0.15) is 0 Å². The van der Waals surface area contributed by atoms with E-state index in [9.17, 15) is 9.59 Å². The Labute approximate surface area is 142 Å². The highest BCUT2D eigenvalue weighted by Crippen LogP contribution is 2.41. The molecule has 24 heavy (non-hydrogen) atoms. The van der Waals surface area contributed by atoms with Gasteiger partial charge in [-0.3, -0.25) is 9.59 Å². The smallest absolute Gasteiger partial charge is 0.256 e. The number of amides is 1. The molecule has 2 N–H and O–H groups in total. The van der Waals surface area contributed by atoms with Crippen LogP contribution in [-0.2, 0) is 9.59 Å². The predicted molar refractivity (Wildman–Crippen MR) is 95.4 cm³/mol. The molecular weight excluding hydrogens is 300 g/mol. The number of Topliss-reactive ketones (excluding diaryl/α,β-unsaturated/α-hetero) is 1. The first-order chi connectivity index (χ1) is 11.3. The first-order valence-corrected chi connectivity index (χ1v) is 8.09. The number of carbonyl (C=O) groups excluding carboxylic acids is 2. The van der Waals surface area contributed by atoms with Gasteiger partial charge < -0.3 is 0 Å². The molecule has 0 fully saturated rings. The van der Waals surface area contributed by atoms with Crippen LogP contribution in [0.15, 0.2) is 48.5 Å². The van der Waals surface area contributed by atoms with Crippen LogP contribution >= 0.6 is 0 Å². The summed E-state index contributed by atoms with van der Waals surface area (Å²) in [5, 5.41) is 1.13. The molecule has 4 nitrogen and oxygen atoms in total. The number of nitrogens with two attached hydrogens (primary N) is 1. The summed E-state index contributed by atoms with van der Waals surface area (Å²) in [4.78, 5) is 25.9. The summed E-state index contributed by atoms with van der Waals surface area (Å²) >= 11 is 0. The zero-order chi connectivity index (χ0) is 17.5. The van der Waals surface area contributed by atoms with Gasteiger partial charge >= 0.3 is 0 Å². The van der Waals surface area contributed by atoms with Crippen molar-refractivity contribution in [2.24, 2.45) is 11.3 Å². The minimum Gasteiger partial charge on any atom is -0.298 e. The molecule has 0 aliphatic carbocycles. The summed E-state index contributed by atoms with van der Waals surface area (Å²) in [7, 11) is 0. The highest BCUT2D eigenvalue weighted by Gasteiger charge is 2.38. The number of benzene rings is 2. The monoisotopic (exact) mass is 322 g/mol. The van der Waals surface area contributed by atoms with Crippen LogP contribution in [0.4, 0.5) is 5.69 Å². The fraction of sp³-hybridized carbons (Fsp3) is 0.300. The van der Waals surface area contributed by atoms with Gasteiger partial charge in [0.25, 0.3) is 5.91 Å². The Morgan fingerprint density at radius 2 is 1.62 bits per heavy atom. The predicted octanol–water partition coefficient (Wildman–Crippen LogP) is 3.66. The van der Waals surface area contributed by atoms with Gasteiger partial charge in [0.05, 0.1) is 5.69 Å². The molecule has 2 aromatic rings. The third-order valence-corrected chi connectivity index (χ3v) is 4.24. The standard InChI is InChI=1S/C20H22N2O2/c1-20(2,3)12-17(23)18-15-10-5-4-8-13(15)14-9-6-7-11-16(14)22(21)19(18)24/h4-11,18H,12,21H2,1-3H3. The Bertz CT molecular complexity index is 805. The van der Waals surface area contributed by atoms with E-state index in [4.69, 9.17) is 5.84 Å². The summed E-state index contributed by atoms with van der Waals surface area (Å²) in [6.45, 7) is 5.98. The molecule has 0 saturated heterocycles. The van der Waals surface area contributed by atoms with E-state index in [1.54, 1.807) is 6.07 Å². The number of nitrogens with zero attached hydrogens (tertiary/aromatic N) is 1. The van der Waals surface area contributed by atoms with Gasteiger partial charge in [-0.25, -0.2) is 10.9 Å². The van der Waals surface area contributed by atoms with E-state index in [2.05, 4.69) is 0 Å². The Morgan fingerprint density at radius 3 is 2.29 bits per heavy atom. The lowest BCUT2D eigenvalue weighted by Gasteiger charge is -2.24. The zero-order valence-corrected chi connectivity index (χ0v) is 14.2. The molecule has 0 saturated carbocycles. The molecule has 0 radical (unpaired) electrons. The maximum absolute atomic E-state index is 13.0. The van der Waals surface area contributed by atoms with E-state index in [1.807, 2.05) is 63.2 Å². The molecule has 1 heterocycles. The van der Waals surface area contributed by atoms with Crippen molar-refractivity contribution in [1.29, 1.82) is 0 Å². The second-order valence-corrected chi connectivity index (χ2v) is 7.45. The van der Waals surface area contributed by atoms with Gasteiger partial charge in [-0.15, -0.1) is 0 Å². The number of ketones is 1. The third-order valence-electron chi connectivity index (χ3n) is 4.24. The first kappa shape index (κ1) is 16.4. The first-order valence-electron chi connectivity index (χ1n) is 8.09. The summed E-state index contributed by atoms with van der Waals surface area (Å²) in [6, 6.07) is 15.1. The lowest BCUT2D eigenvalue weighted by Crippen LogP contribution is -2.42. The van der Waals surface area contributed by atoms with Crippen LogP contribution in [-0.4, -0.2) is 11.7 Å². The molecule has 1 atom stereocenters. The highest BCUT2D eigenvalue weighted by atomic mass is 16.2. The summed E-state index contributed by atoms with van der Waals surface area (Å²) in [6.07, 6.45) is 0.321. The van der Waals surface area contributed by atoms with Crippen LogP contribution < -0.4 is 10.9 Å². The number of carbonyl (C=O) groups is 2. The van der Waals surface area contributed by atoms with Crippen molar-refractivity contribution in [2.45, 2.75) is 33.1 Å². The molecule has 0 bridgehead atoms. The van der Waals surface area contributed by atoms with Crippen LogP contribution in [0, 0.1) is 5.41 Å². The average molecular weight is 322 g/mol. The number of para-hydroxylation sites is 1. The maximum Gasteiger partial charge on any atom is 0.256 e. The molecule has 1 amide bonds. The Balaban J connectivity index is 2.19. The Morgan fingerprint density at radius 1 is 1.04 bits per heavy atom. The second-order valence-electron chi connectivity index (χ2n) is 7.45. The molecule has 1 aliphatic heterocycles. The molecule has 0 spiro atoms. The van der Waals surface area contributed by atoms with Crippen LogP contribution in [0.25, 0.3) is 11.1 Å². The summed E-state index contributed by atoms with van der Waals surface area (Å²) < 4.78 is 0. The van der Waals surface area contributed by atoms with E-state index < -0.39 is 5.92 Å². The largest absolute Gasteiger partial charge is 0.298 e. The number of rotatable bonds is 2. The Kier molecular flexibility index (Phi) is 4.01. The minimum absolute atomic E-state index is 0.0943. The topological polar surface area (TPSA) is 63.4 Å². The van der Waals surface area contributed by atoms with Crippen molar-refractivity contribution >= 4 is 17.4 Å². The molecule has 3 rings (SSSR count). The lowest BCUT2D eigenvalue weighted by molar-refractivity contribution is -0.130. The molecule has 2 aromatic carbocycles. The number of hydrogen-bond donors (Lipinski definition) is 1. The maximum atomic E-state index is 13.0. The van der Waals surface area contributed by atoms with Crippen molar-refractivity contribution in [3.63, 3.8) is 0 Å². The third kappa shape index (κ3) is 2.85. The normalized spacial score (nSPS) is 17.1. The van der Waals surface area contributed by atoms with Gasteiger partial charge in [0.2, 0.25) is 0 Å². The second kappa shape index (κ2) is 5.87. The number of hydrogen-bond acceptors (Lipinski definition) is 3. The van der Waals surface area contributed by atoms with Gasteiger partial charge in [-0.1, -0.05) is 63.2 Å². The zero-order valence-electron chi connectivity index (χ0n) is 14.2. The molecule has 0 aromatic heterocycles. The molecule has 124 valence electrons. The van der Waals surface area contributed by atoms with Gasteiger partial charge in [0.15, 0.2) is 0 Å². The molecule has 1 aliphatic rings. The van der Waals surface area contributed by atoms with Gasteiger partial charge in [0, 0.05) is 12.0 Å². The number of anilines is 1. The summed E-state index contributed by atoms with van der Waals surface area (Å²) in [5.74, 6) is 4.76. The van der Waals surface area contributed by atoms with E-state index >= 15 is 0 Å². The van der Waals surface area contributed by atoms with Crippen molar-refractivity contribution in [3.8, 4) is 11.1 Å². The van der Waals surface area contributed by atoms with Crippen LogP contribution in [0.5, 0.6) is 0 Å². The SMILES string of the molecule is CC(C)(C)CC(=O)C1C(=O)N(N)c2ccccc2-c2ccccc21. The average Bonchev–Trinajstić information content (AvgIpc) is 2.61. The molecule has 1 unspecified atom stereocenters. The molecule has 4 heteroatoms. The lowest BCUT2D eigenvalue weighted by atomic mass is 9.81. The summed E-state index contributed by atoms with van der Waals surface area (Å²) in [5.41, 5.74) is 2.93. The van der Waals surface area contributed by atoms with Crippen molar-refractivity contribution in [2.75, 3.05) is 5.01 Å². The van der Waals surface area contributed by atoms with Crippen molar-refractivity contribution in [1.82, 2.24) is 0 Å². The number of fused-ring (bicyclic) bond motifs is 3. The van der Waals surface area contributed by atoms with Crippen molar-refractivity contribution in [3.05, 3.63) is 54.1 Å². The fourth-order valence-corrected chi connectivity index (χ4v) is 3.23. The van der Waals surface area contributed by atoms with Crippen LogP contribution in [0.3, 0.4) is 0 Å². The number of hydrazine groups is 1. The van der Waals surface area contributed by atoms with E-state index in [0.29, 0.717) is 12.1 Å². The van der Waals surface area contributed by atoms with Crippen LogP contribution in [0.1, 0.15) is 38.7 Å². The van der Waals surface area contributed by atoms with E-state index in [0.717, 1.165) is 21.7 Å². The fourth-order valence-electron chi connectivity index (χ4n) is 3.23. The highest BCUT2D eigenvalue weighted by molar-refractivity contribution is 6.16. The van der Waals surface area contributed by atoms with Crippen LogP contribution in [0.2, 0.25) is 0 Å². The van der Waals surface area contributed by atoms with E-state index in [-0.39, 0.29) is 17.1 Å². The Hall–Kier alpha value is -2.46. The quantitative estimate of drug-likeness (QED) is 0.521. The van der Waals surface area contributed by atoms with E-state index in [1.165, 1.54) is 0 Å². The minimum atomic E-state index is -0.863.